The Balaban J connectivity index is 1.52. The topological polar surface area (TPSA) is 114 Å². The lowest BCUT2D eigenvalue weighted by molar-refractivity contribution is 0.0363. The van der Waals surface area contributed by atoms with E-state index in [0.29, 0.717) is 43.0 Å². The molecule has 0 saturated carbocycles. The molecule has 0 atom stereocenters. The van der Waals surface area contributed by atoms with E-state index in [1.54, 1.807) is 30.0 Å². The maximum absolute atomic E-state index is 13.3. The van der Waals surface area contributed by atoms with Crippen LogP contribution in [0.1, 0.15) is 15.9 Å². The van der Waals surface area contributed by atoms with E-state index in [-0.39, 0.29) is 23.2 Å². The molecular weight excluding hydrogens is 460 g/mol. The monoisotopic (exact) mass is 488 g/mol. The number of hydrogen-bond donors (Lipinski definition) is 2. The standard InChI is InChI=1S/C26H28N6O4/c1-35-19-7-5-18(6-8-19)17-28-25(33)20-16-21-24(29-22-4-2-3-9-31(22)26(21)34)32(23(20)27)11-10-30-12-14-36-15-13-30/h2-9,16,27H,10-15,17H2,1H3,(H,28,33). The Morgan fingerprint density at radius 1 is 1.14 bits per heavy atom. The zero-order valence-electron chi connectivity index (χ0n) is 20.1. The van der Waals surface area contributed by atoms with Crippen molar-refractivity contribution in [2.75, 3.05) is 40.0 Å². The second-order valence-corrected chi connectivity index (χ2v) is 8.63. The van der Waals surface area contributed by atoms with E-state index >= 15 is 0 Å². The molecule has 5 rings (SSSR count). The number of amides is 1. The highest BCUT2D eigenvalue weighted by Gasteiger charge is 2.19. The minimum atomic E-state index is -0.421. The smallest absolute Gasteiger partial charge is 0.267 e. The Morgan fingerprint density at radius 2 is 1.92 bits per heavy atom. The molecule has 0 unspecified atom stereocenters. The van der Waals surface area contributed by atoms with E-state index < -0.39 is 5.91 Å². The molecule has 1 saturated heterocycles. The van der Waals surface area contributed by atoms with Crippen molar-refractivity contribution in [3.63, 3.8) is 0 Å². The van der Waals surface area contributed by atoms with E-state index in [0.717, 1.165) is 24.4 Å². The molecule has 1 fully saturated rings. The second-order valence-electron chi connectivity index (χ2n) is 8.63. The van der Waals surface area contributed by atoms with E-state index in [9.17, 15) is 9.59 Å². The third-order valence-electron chi connectivity index (χ3n) is 6.42. The van der Waals surface area contributed by atoms with Gasteiger partial charge in [0.15, 0.2) is 0 Å². The Morgan fingerprint density at radius 3 is 2.67 bits per heavy atom. The lowest BCUT2D eigenvalue weighted by Gasteiger charge is -2.27. The number of aromatic nitrogens is 3. The third kappa shape index (κ3) is 4.73. The number of benzene rings is 1. The van der Waals surface area contributed by atoms with Crippen molar-refractivity contribution in [2.24, 2.45) is 0 Å². The zero-order valence-corrected chi connectivity index (χ0v) is 20.1. The summed E-state index contributed by atoms with van der Waals surface area (Å²) in [6.45, 7) is 4.28. The first-order valence-corrected chi connectivity index (χ1v) is 11.9. The average molecular weight is 489 g/mol. The third-order valence-corrected chi connectivity index (χ3v) is 6.42. The maximum atomic E-state index is 13.3. The molecule has 2 N–H and O–H groups in total. The lowest BCUT2D eigenvalue weighted by Crippen LogP contribution is -2.41. The number of methoxy groups -OCH3 is 1. The minimum Gasteiger partial charge on any atom is -0.497 e. The van der Waals surface area contributed by atoms with Crippen molar-refractivity contribution in [1.82, 2.24) is 24.2 Å². The van der Waals surface area contributed by atoms with Crippen molar-refractivity contribution >= 4 is 22.6 Å². The van der Waals surface area contributed by atoms with Crippen molar-refractivity contribution in [1.29, 1.82) is 5.41 Å². The quantitative estimate of drug-likeness (QED) is 0.380. The number of nitrogens with zero attached hydrogens (tertiary/aromatic N) is 4. The van der Waals surface area contributed by atoms with Gasteiger partial charge in [-0.25, -0.2) is 4.98 Å². The highest BCUT2D eigenvalue weighted by molar-refractivity contribution is 5.96. The molecule has 4 aromatic rings. The second kappa shape index (κ2) is 10.3. The molecule has 36 heavy (non-hydrogen) atoms. The molecular formula is C26H28N6O4. The van der Waals surface area contributed by atoms with Crippen molar-refractivity contribution in [3.05, 3.63) is 81.7 Å². The average Bonchev–Trinajstić information content (AvgIpc) is 2.92. The van der Waals surface area contributed by atoms with E-state index in [2.05, 4.69) is 10.2 Å². The van der Waals surface area contributed by atoms with Gasteiger partial charge in [0.1, 0.15) is 22.5 Å². The van der Waals surface area contributed by atoms with E-state index in [1.165, 1.54) is 10.5 Å². The number of fused-ring (bicyclic) bond motifs is 2. The number of carbonyl (C=O) groups excluding carboxylic acids is 1. The Hall–Kier alpha value is -4.02. The van der Waals surface area contributed by atoms with Crippen LogP contribution in [-0.4, -0.2) is 64.7 Å². The first-order chi connectivity index (χ1) is 17.5. The summed E-state index contributed by atoms with van der Waals surface area (Å²) in [6, 6.07) is 14.2. The number of nitrogens with one attached hydrogen (secondary N) is 2. The molecule has 0 aliphatic carbocycles. The Labute approximate surface area is 207 Å². The van der Waals surface area contributed by atoms with Gasteiger partial charge in [-0.1, -0.05) is 18.2 Å². The summed E-state index contributed by atoms with van der Waals surface area (Å²) >= 11 is 0. The fourth-order valence-corrected chi connectivity index (χ4v) is 4.37. The van der Waals surface area contributed by atoms with Gasteiger partial charge in [0.25, 0.3) is 11.5 Å². The number of pyridine rings is 2. The number of morpholine rings is 1. The lowest BCUT2D eigenvalue weighted by atomic mass is 10.1. The molecule has 1 aromatic carbocycles. The van der Waals surface area contributed by atoms with Crippen LogP contribution in [0, 0.1) is 5.41 Å². The van der Waals surface area contributed by atoms with Gasteiger partial charge in [0.05, 0.1) is 31.3 Å². The van der Waals surface area contributed by atoms with Gasteiger partial charge in [-0.3, -0.25) is 24.3 Å². The fourth-order valence-electron chi connectivity index (χ4n) is 4.37. The van der Waals surface area contributed by atoms with Crippen LogP contribution < -0.4 is 21.1 Å². The van der Waals surface area contributed by atoms with Crippen LogP contribution in [0.3, 0.4) is 0 Å². The minimum absolute atomic E-state index is 0.0233. The first-order valence-electron chi connectivity index (χ1n) is 11.9. The van der Waals surface area contributed by atoms with E-state index in [1.807, 2.05) is 30.3 Å². The fraction of sp³-hybridized carbons (Fsp3) is 0.308. The first kappa shape index (κ1) is 23.7. The zero-order chi connectivity index (χ0) is 25.1. The highest BCUT2D eigenvalue weighted by Crippen LogP contribution is 2.13. The van der Waals surface area contributed by atoms with Crippen LogP contribution in [0.5, 0.6) is 5.75 Å². The summed E-state index contributed by atoms with van der Waals surface area (Å²) in [5.74, 6) is 0.310. The molecule has 0 radical (unpaired) electrons. The van der Waals surface area contributed by atoms with Gasteiger partial charge < -0.3 is 19.4 Å². The molecule has 186 valence electrons. The van der Waals surface area contributed by atoms with Crippen molar-refractivity contribution < 1.29 is 14.3 Å². The number of carbonyl (C=O) groups is 1. The van der Waals surface area contributed by atoms with Crippen LogP contribution in [-0.2, 0) is 17.8 Å². The Kier molecular flexibility index (Phi) is 6.79. The SMILES string of the molecule is COc1ccc(CNC(=O)c2cc3c(=O)n4ccccc4nc3n(CCN3CCOCC3)c2=N)cc1. The summed E-state index contributed by atoms with van der Waals surface area (Å²) in [5.41, 5.74) is 1.66. The molecule has 1 aliphatic heterocycles. The van der Waals surface area contributed by atoms with Gasteiger partial charge >= 0.3 is 0 Å². The molecule has 3 aromatic heterocycles. The van der Waals surface area contributed by atoms with Crippen LogP contribution in [0.4, 0.5) is 0 Å². The van der Waals surface area contributed by atoms with Crippen LogP contribution in [0.2, 0.25) is 0 Å². The molecule has 1 amide bonds. The van der Waals surface area contributed by atoms with Gasteiger partial charge in [0, 0.05) is 38.9 Å². The molecule has 4 heterocycles. The largest absolute Gasteiger partial charge is 0.497 e. The summed E-state index contributed by atoms with van der Waals surface area (Å²) < 4.78 is 13.7. The highest BCUT2D eigenvalue weighted by atomic mass is 16.5. The van der Waals surface area contributed by atoms with Crippen LogP contribution in [0.25, 0.3) is 16.7 Å². The van der Waals surface area contributed by atoms with Crippen LogP contribution in [0.15, 0.2) is 59.5 Å². The summed E-state index contributed by atoms with van der Waals surface area (Å²) in [7, 11) is 1.60. The molecule has 0 spiro atoms. The maximum Gasteiger partial charge on any atom is 0.267 e. The van der Waals surface area contributed by atoms with Gasteiger partial charge in [-0.2, -0.15) is 0 Å². The molecule has 10 heteroatoms. The molecule has 10 nitrogen and oxygen atoms in total. The van der Waals surface area contributed by atoms with E-state index in [4.69, 9.17) is 19.9 Å². The van der Waals surface area contributed by atoms with Gasteiger partial charge in [-0.15, -0.1) is 0 Å². The summed E-state index contributed by atoms with van der Waals surface area (Å²) in [6.07, 6.45) is 1.65. The normalized spacial score (nSPS) is 14.2. The van der Waals surface area contributed by atoms with Gasteiger partial charge in [-0.05, 0) is 35.9 Å². The molecule has 0 bridgehead atoms. The van der Waals surface area contributed by atoms with Crippen LogP contribution >= 0.6 is 0 Å². The summed E-state index contributed by atoms with van der Waals surface area (Å²) in [4.78, 5) is 33.5. The number of hydrogen-bond acceptors (Lipinski definition) is 7. The Bertz CT molecular complexity index is 1520. The number of ether oxygens (including phenoxy) is 2. The van der Waals surface area contributed by atoms with Crippen molar-refractivity contribution in [2.45, 2.75) is 13.1 Å². The predicted octanol–water partition coefficient (Wildman–Crippen LogP) is 1.40. The van der Waals surface area contributed by atoms with Crippen molar-refractivity contribution in [3.8, 4) is 5.75 Å². The summed E-state index contributed by atoms with van der Waals surface area (Å²) in [5, 5.41) is 12.1. The molecule has 1 aliphatic rings. The predicted molar refractivity (Wildman–Crippen MR) is 134 cm³/mol. The number of rotatable bonds is 7. The van der Waals surface area contributed by atoms with Gasteiger partial charge in [0.2, 0.25) is 0 Å².